The van der Waals surface area contributed by atoms with Crippen LogP contribution >= 0.6 is 11.8 Å². The molecule has 6 nitrogen and oxygen atoms in total. The zero-order valence-electron chi connectivity index (χ0n) is 13.4. The molecule has 0 bridgehead atoms. The Labute approximate surface area is 150 Å². The van der Waals surface area contributed by atoms with Crippen molar-refractivity contribution in [3.05, 3.63) is 54.1 Å². The lowest BCUT2D eigenvalue weighted by atomic mass is 10.2. The molecule has 3 rings (SSSR count). The smallest absolute Gasteiger partial charge is 0.234 e. The number of amides is 1. The number of carbonyl (C=O) groups excluding carboxylic acids is 1. The molecule has 0 spiro atoms. The zero-order chi connectivity index (χ0) is 18.7. The minimum atomic E-state index is -1.63. The highest BCUT2D eigenvalue weighted by Gasteiger charge is 2.17. The summed E-state index contributed by atoms with van der Waals surface area (Å²) in [7, 11) is 1.74. The molecule has 0 radical (unpaired) electrons. The number of carbonyl (C=O) groups is 1. The molecular formula is C16H12F3N5OS. The summed E-state index contributed by atoms with van der Waals surface area (Å²) in [5.41, 5.74) is 0.389. The van der Waals surface area contributed by atoms with E-state index in [2.05, 4.69) is 20.5 Å². The van der Waals surface area contributed by atoms with Crippen molar-refractivity contribution in [2.24, 2.45) is 7.05 Å². The molecule has 2 heterocycles. The minimum absolute atomic E-state index is 0.110. The van der Waals surface area contributed by atoms with Crippen LogP contribution in [-0.4, -0.2) is 31.4 Å². The van der Waals surface area contributed by atoms with Crippen LogP contribution in [0.1, 0.15) is 0 Å². The molecule has 26 heavy (non-hydrogen) atoms. The number of nitrogens with zero attached hydrogens (tertiary/aromatic N) is 4. The highest BCUT2D eigenvalue weighted by atomic mass is 32.2. The summed E-state index contributed by atoms with van der Waals surface area (Å²) in [6.07, 6.45) is 3.25. The normalized spacial score (nSPS) is 10.8. The van der Waals surface area contributed by atoms with Gasteiger partial charge in [0.2, 0.25) is 5.91 Å². The number of anilines is 1. The predicted molar refractivity (Wildman–Crippen MR) is 89.9 cm³/mol. The number of benzene rings is 1. The maximum Gasteiger partial charge on any atom is 0.234 e. The Hall–Kier alpha value is -2.88. The Bertz CT molecular complexity index is 949. The second-order valence-electron chi connectivity index (χ2n) is 5.16. The van der Waals surface area contributed by atoms with Gasteiger partial charge in [-0.25, -0.2) is 13.2 Å². The Morgan fingerprint density at radius 2 is 1.85 bits per heavy atom. The third-order valence-electron chi connectivity index (χ3n) is 3.42. The average molecular weight is 379 g/mol. The number of pyridine rings is 1. The van der Waals surface area contributed by atoms with Gasteiger partial charge in [0.25, 0.3) is 0 Å². The van der Waals surface area contributed by atoms with E-state index < -0.39 is 29.0 Å². The molecule has 0 aliphatic carbocycles. The largest absolute Gasteiger partial charge is 0.323 e. The summed E-state index contributed by atoms with van der Waals surface area (Å²) < 4.78 is 41.3. The first kappa shape index (κ1) is 17.9. The van der Waals surface area contributed by atoms with Gasteiger partial charge in [0.05, 0.1) is 11.4 Å². The van der Waals surface area contributed by atoms with Crippen molar-refractivity contribution in [3.8, 4) is 11.4 Å². The lowest BCUT2D eigenvalue weighted by molar-refractivity contribution is -0.113. The fourth-order valence-electron chi connectivity index (χ4n) is 2.13. The summed E-state index contributed by atoms with van der Waals surface area (Å²) in [4.78, 5) is 15.9. The second-order valence-corrected chi connectivity index (χ2v) is 6.10. The summed E-state index contributed by atoms with van der Waals surface area (Å²) in [5.74, 6) is -4.50. The van der Waals surface area contributed by atoms with Gasteiger partial charge in [-0.15, -0.1) is 10.2 Å². The molecule has 2 aromatic heterocycles. The van der Waals surface area contributed by atoms with Gasteiger partial charge in [0.1, 0.15) is 0 Å². The fraction of sp³-hybridized carbons (Fsp3) is 0.125. The van der Waals surface area contributed by atoms with Crippen LogP contribution in [0.15, 0.2) is 41.8 Å². The Kier molecular flexibility index (Phi) is 5.21. The minimum Gasteiger partial charge on any atom is -0.323 e. The van der Waals surface area contributed by atoms with Crippen LogP contribution in [-0.2, 0) is 11.8 Å². The lowest BCUT2D eigenvalue weighted by Gasteiger charge is -2.07. The summed E-state index contributed by atoms with van der Waals surface area (Å²) in [6.45, 7) is 0. The van der Waals surface area contributed by atoms with Gasteiger partial charge < -0.3 is 9.88 Å². The molecule has 3 aromatic rings. The molecule has 0 saturated carbocycles. The van der Waals surface area contributed by atoms with Crippen molar-refractivity contribution < 1.29 is 18.0 Å². The molecule has 0 atom stereocenters. The van der Waals surface area contributed by atoms with Crippen molar-refractivity contribution >= 4 is 23.4 Å². The van der Waals surface area contributed by atoms with Crippen LogP contribution in [0.3, 0.4) is 0 Å². The van der Waals surface area contributed by atoms with E-state index in [0.717, 1.165) is 29.5 Å². The predicted octanol–water partition coefficient (Wildman–Crippen LogP) is 3.03. The molecular weight excluding hydrogens is 367 g/mol. The topological polar surface area (TPSA) is 72.7 Å². The number of hydrogen-bond donors (Lipinski definition) is 1. The number of thioether (sulfide) groups is 1. The van der Waals surface area contributed by atoms with Gasteiger partial charge in [0, 0.05) is 25.0 Å². The summed E-state index contributed by atoms with van der Waals surface area (Å²) >= 11 is 1.07. The highest BCUT2D eigenvalue weighted by molar-refractivity contribution is 7.99. The fourth-order valence-corrected chi connectivity index (χ4v) is 2.84. The van der Waals surface area contributed by atoms with Gasteiger partial charge >= 0.3 is 0 Å². The van der Waals surface area contributed by atoms with E-state index >= 15 is 0 Å². The van der Waals surface area contributed by atoms with E-state index in [9.17, 15) is 18.0 Å². The number of hydrogen-bond acceptors (Lipinski definition) is 5. The van der Waals surface area contributed by atoms with Gasteiger partial charge in [0.15, 0.2) is 28.4 Å². The van der Waals surface area contributed by atoms with Crippen molar-refractivity contribution in [2.75, 3.05) is 11.1 Å². The van der Waals surface area contributed by atoms with Crippen LogP contribution in [0.5, 0.6) is 0 Å². The Balaban J connectivity index is 1.66. The van der Waals surface area contributed by atoms with Gasteiger partial charge in [-0.3, -0.25) is 9.78 Å². The van der Waals surface area contributed by atoms with E-state index in [1.807, 2.05) is 0 Å². The van der Waals surface area contributed by atoms with E-state index in [1.165, 1.54) is 0 Å². The molecule has 10 heteroatoms. The standard InChI is InChI=1S/C16H12F3N5OS/c1-24-15(9-4-6-20-7-5-9)22-23-16(24)26-8-12(25)21-11-3-2-10(17)13(18)14(11)19/h2-7H,8H2,1H3,(H,21,25). The molecule has 0 saturated heterocycles. The maximum absolute atomic E-state index is 13.6. The van der Waals surface area contributed by atoms with Gasteiger partial charge in [-0.05, 0) is 24.3 Å². The van der Waals surface area contributed by atoms with Crippen molar-refractivity contribution in [1.82, 2.24) is 19.7 Å². The Morgan fingerprint density at radius 1 is 1.12 bits per heavy atom. The van der Waals surface area contributed by atoms with Crippen molar-refractivity contribution in [3.63, 3.8) is 0 Å². The average Bonchev–Trinajstić information content (AvgIpc) is 3.02. The van der Waals surface area contributed by atoms with Crippen LogP contribution in [0, 0.1) is 17.5 Å². The van der Waals surface area contributed by atoms with E-state index in [1.54, 1.807) is 36.1 Å². The zero-order valence-corrected chi connectivity index (χ0v) is 14.2. The third-order valence-corrected chi connectivity index (χ3v) is 4.44. The van der Waals surface area contributed by atoms with E-state index in [0.29, 0.717) is 11.0 Å². The summed E-state index contributed by atoms with van der Waals surface area (Å²) in [6, 6.07) is 5.25. The first-order valence-corrected chi connectivity index (χ1v) is 8.32. The van der Waals surface area contributed by atoms with Crippen molar-refractivity contribution in [1.29, 1.82) is 0 Å². The molecule has 0 aliphatic heterocycles. The molecule has 1 N–H and O–H groups in total. The number of nitrogens with one attached hydrogen (secondary N) is 1. The molecule has 134 valence electrons. The second kappa shape index (κ2) is 7.56. The molecule has 1 amide bonds. The van der Waals surface area contributed by atoms with Crippen LogP contribution in [0.2, 0.25) is 0 Å². The van der Waals surface area contributed by atoms with Gasteiger partial charge in [-0.1, -0.05) is 11.8 Å². The highest BCUT2D eigenvalue weighted by Crippen LogP contribution is 2.23. The third kappa shape index (κ3) is 3.69. The maximum atomic E-state index is 13.6. The quantitative estimate of drug-likeness (QED) is 0.545. The van der Waals surface area contributed by atoms with Crippen LogP contribution in [0.25, 0.3) is 11.4 Å². The first-order valence-electron chi connectivity index (χ1n) is 7.33. The monoisotopic (exact) mass is 379 g/mol. The van der Waals surface area contributed by atoms with E-state index in [-0.39, 0.29) is 5.75 Å². The molecule has 1 aromatic carbocycles. The molecule has 0 fully saturated rings. The molecule has 0 aliphatic rings. The van der Waals surface area contributed by atoms with Crippen molar-refractivity contribution in [2.45, 2.75) is 5.16 Å². The Morgan fingerprint density at radius 3 is 2.58 bits per heavy atom. The van der Waals surface area contributed by atoms with Crippen LogP contribution < -0.4 is 5.32 Å². The lowest BCUT2D eigenvalue weighted by Crippen LogP contribution is -2.16. The summed E-state index contributed by atoms with van der Waals surface area (Å²) in [5, 5.41) is 10.7. The first-order chi connectivity index (χ1) is 12.5. The van der Waals surface area contributed by atoms with Crippen LogP contribution in [0.4, 0.5) is 18.9 Å². The molecule has 0 unspecified atom stereocenters. The van der Waals surface area contributed by atoms with E-state index in [4.69, 9.17) is 0 Å². The van der Waals surface area contributed by atoms with Gasteiger partial charge in [-0.2, -0.15) is 0 Å². The SMILES string of the molecule is Cn1c(SCC(=O)Nc2ccc(F)c(F)c2F)nnc1-c1ccncc1. The number of halogens is 3. The number of aromatic nitrogens is 4. The number of rotatable bonds is 5.